The van der Waals surface area contributed by atoms with Crippen LogP contribution in [-0.2, 0) is 0 Å². The van der Waals surface area contributed by atoms with Gasteiger partial charge in [-0.25, -0.2) is 9.37 Å². The number of rotatable bonds is 2. The van der Waals surface area contributed by atoms with E-state index in [1.165, 1.54) is 6.07 Å². The lowest BCUT2D eigenvalue weighted by atomic mass is 10.1. The summed E-state index contributed by atoms with van der Waals surface area (Å²) < 4.78 is 18.9. The molecule has 0 spiro atoms. The minimum absolute atomic E-state index is 0.103. The summed E-state index contributed by atoms with van der Waals surface area (Å²) in [6, 6.07) is 14.2. The number of oxazole rings is 1. The minimum Gasteiger partial charge on any atom is -0.441 e. The van der Waals surface area contributed by atoms with E-state index < -0.39 is 5.82 Å². The van der Waals surface area contributed by atoms with Crippen LogP contribution in [-0.4, -0.2) is 4.98 Å². The van der Waals surface area contributed by atoms with Crippen LogP contribution in [0.4, 0.5) is 10.1 Å². The zero-order valence-electron chi connectivity index (χ0n) is 10.9. The van der Waals surface area contributed by atoms with Crippen molar-refractivity contribution in [3.63, 3.8) is 0 Å². The van der Waals surface area contributed by atoms with Crippen LogP contribution in [0.15, 0.2) is 52.9 Å². The van der Waals surface area contributed by atoms with Gasteiger partial charge in [0.25, 0.3) is 0 Å². The van der Waals surface area contributed by atoms with E-state index in [0.717, 1.165) is 11.1 Å². The highest BCUT2D eigenvalue weighted by Gasteiger charge is 2.13. The quantitative estimate of drug-likeness (QED) is 0.714. The Morgan fingerprint density at radius 3 is 2.50 bits per heavy atom. The molecule has 2 aromatic carbocycles. The summed E-state index contributed by atoms with van der Waals surface area (Å²) in [5.74, 6) is 0.786. The van der Waals surface area contributed by atoms with Gasteiger partial charge in [0.05, 0.1) is 5.69 Å². The second-order valence-corrected chi connectivity index (χ2v) is 4.53. The molecule has 20 heavy (non-hydrogen) atoms. The average molecular weight is 268 g/mol. The van der Waals surface area contributed by atoms with E-state index in [1.807, 2.05) is 37.3 Å². The number of aromatic nitrogens is 1. The fourth-order valence-electron chi connectivity index (χ4n) is 2.06. The predicted molar refractivity (Wildman–Crippen MR) is 76.5 cm³/mol. The van der Waals surface area contributed by atoms with Gasteiger partial charge >= 0.3 is 0 Å². The number of halogens is 1. The number of hydrogen-bond donors (Lipinski definition) is 1. The van der Waals surface area contributed by atoms with Crippen LogP contribution in [0.1, 0.15) is 5.76 Å². The molecule has 0 saturated carbocycles. The molecule has 1 heterocycles. The van der Waals surface area contributed by atoms with Gasteiger partial charge in [-0.2, -0.15) is 0 Å². The lowest BCUT2D eigenvalue weighted by molar-refractivity contribution is 0.543. The molecular weight excluding hydrogens is 255 g/mol. The zero-order chi connectivity index (χ0) is 14.1. The van der Waals surface area contributed by atoms with Crippen LogP contribution in [0, 0.1) is 12.7 Å². The summed E-state index contributed by atoms with van der Waals surface area (Å²) in [5, 5.41) is 0. The first-order valence-corrected chi connectivity index (χ1v) is 6.23. The first-order valence-electron chi connectivity index (χ1n) is 6.23. The van der Waals surface area contributed by atoms with Gasteiger partial charge in [0, 0.05) is 11.1 Å². The van der Waals surface area contributed by atoms with Crippen molar-refractivity contribution < 1.29 is 8.81 Å². The Balaban J connectivity index is 2.07. The normalized spacial score (nSPS) is 10.7. The summed E-state index contributed by atoms with van der Waals surface area (Å²) in [5.41, 5.74) is 8.01. The van der Waals surface area contributed by atoms with Crippen molar-refractivity contribution in [3.05, 3.63) is 60.1 Å². The van der Waals surface area contributed by atoms with Crippen LogP contribution < -0.4 is 5.73 Å². The molecular formula is C16H13FN2O. The Hall–Kier alpha value is -2.62. The highest BCUT2D eigenvalue weighted by molar-refractivity contribution is 5.68. The third-order valence-corrected chi connectivity index (χ3v) is 3.09. The van der Waals surface area contributed by atoms with Gasteiger partial charge in [0.15, 0.2) is 0 Å². The predicted octanol–water partition coefficient (Wildman–Crippen LogP) is 4.04. The van der Waals surface area contributed by atoms with Crippen molar-refractivity contribution in [3.8, 4) is 22.7 Å². The average Bonchev–Trinajstić information content (AvgIpc) is 2.85. The number of aryl methyl sites for hydroxylation is 1. The number of nitrogens with zero attached hydrogens (tertiary/aromatic N) is 1. The van der Waals surface area contributed by atoms with Gasteiger partial charge in [-0.05, 0) is 37.3 Å². The summed E-state index contributed by atoms with van der Waals surface area (Å²) >= 11 is 0. The topological polar surface area (TPSA) is 52.0 Å². The number of nitrogen functional groups attached to an aromatic ring is 1. The molecule has 0 atom stereocenters. The molecule has 3 nitrogen and oxygen atoms in total. The molecule has 1 aromatic heterocycles. The van der Waals surface area contributed by atoms with E-state index in [4.69, 9.17) is 10.2 Å². The molecule has 0 aliphatic heterocycles. The van der Waals surface area contributed by atoms with Crippen molar-refractivity contribution in [2.75, 3.05) is 5.73 Å². The van der Waals surface area contributed by atoms with Crippen molar-refractivity contribution in [2.45, 2.75) is 6.92 Å². The summed E-state index contributed by atoms with van der Waals surface area (Å²) in [7, 11) is 0. The van der Waals surface area contributed by atoms with E-state index >= 15 is 0 Å². The third-order valence-electron chi connectivity index (χ3n) is 3.09. The van der Waals surface area contributed by atoms with Crippen LogP contribution in [0.5, 0.6) is 0 Å². The highest BCUT2D eigenvalue weighted by Crippen LogP contribution is 2.29. The maximum Gasteiger partial charge on any atom is 0.226 e. The van der Waals surface area contributed by atoms with Crippen LogP contribution in [0.2, 0.25) is 0 Å². The molecule has 0 unspecified atom stereocenters. The van der Waals surface area contributed by atoms with Gasteiger partial charge in [-0.15, -0.1) is 0 Å². The second kappa shape index (κ2) is 4.81. The molecule has 4 heteroatoms. The van der Waals surface area contributed by atoms with Gasteiger partial charge in [0.2, 0.25) is 5.89 Å². The largest absolute Gasteiger partial charge is 0.441 e. The van der Waals surface area contributed by atoms with Gasteiger partial charge in [0.1, 0.15) is 17.3 Å². The molecule has 0 aliphatic carbocycles. The van der Waals surface area contributed by atoms with Gasteiger partial charge in [-0.3, -0.25) is 0 Å². The lowest BCUT2D eigenvalue weighted by Gasteiger charge is -2.00. The summed E-state index contributed by atoms with van der Waals surface area (Å²) in [4.78, 5) is 4.48. The SMILES string of the molecule is Cc1oc(-c2ccccc2)nc1-c1ccc(F)c(N)c1. The second-order valence-electron chi connectivity index (χ2n) is 4.53. The van der Waals surface area contributed by atoms with Crippen molar-refractivity contribution in [1.29, 1.82) is 0 Å². The number of benzene rings is 2. The third kappa shape index (κ3) is 2.16. The number of hydrogen-bond acceptors (Lipinski definition) is 3. The Labute approximate surface area is 115 Å². The zero-order valence-corrected chi connectivity index (χ0v) is 10.9. The molecule has 0 bridgehead atoms. The van der Waals surface area contributed by atoms with Crippen molar-refractivity contribution in [1.82, 2.24) is 4.98 Å². The number of nitrogens with two attached hydrogens (primary N) is 1. The smallest absolute Gasteiger partial charge is 0.226 e. The standard InChI is InChI=1S/C16H13FN2O/c1-10-15(12-7-8-13(17)14(18)9-12)19-16(20-10)11-5-3-2-4-6-11/h2-9H,18H2,1H3. The summed E-state index contributed by atoms with van der Waals surface area (Å²) in [6.07, 6.45) is 0. The lowest BCUT2D eigenvalue weighted by Crippen LogP contribution is -1.91. The fourth-order valence-corrected chi connectivity index (χ4v) is 2.06. The van der Waals surface area contributed by atoms with Crippen LogP contribution >= 0.6 is 0 Å². The van der Waals surface area contributed by atoms with E-state index in [1.54, 1.807) is 12.1 Å². The van der Waals surface area contributed by atoms with Crippen LogP contribution in [0.3, 0.4) is 0 Å². The van der Waals surface area contributed by atoms with Crippen LogP contribution in [0.25, 0.3) is 22.7 Å². The minimum atomic E-state index is -0.432. The molecule has 0 saturated heterocycles. The molecule has 0 fully saturated rings. The molecule has 2 N–H and O–H groups in total. The van der Waals surface area contributed by atoms with Gasteiger partial charge < -0.3 is 10.2 Å². The molecule has 0 amide bonds. The number of anilines is 1. The van der Waals surface area contributed by atoms with Crippen molar-refractivity contribution >= 4 is 5.69 Å². The first kappa shape index (κ1) is 12.4. The Morgan fingerprint density at radius 1 is 1.05 bits per heavy atom. The first-order chi connectivity index (χ1) is 9.65. The molecule has 3 aromatic rings. The maximum atomic E-state index is 13.2. The monoisotopic (exact) mass is 268 g/mol. The van der Waals surface area contributed by atoms with E-state index in [-0.39, 0.29) is 5.69 Å². The molecule has 0 aliphatic rings. The maximum absolute atomic E-state index is 13.2. The van der Waals surface area contributed by atoms with E-state index in [2.05, 4.69) is 4.98 Å². The highest BCUT2D eigenvalue weighted by atomic mass is 19.1. The Kier molecular flexibility index (Phi) is 2.99. The molecule has 0 radical (unpaired) electrons. The van der Waals surface area contributed by atoms with Gasteiger partial charge in [-0.1, -0.05) is 18.2 Å². The van der Waals surface area contributed by atoms with E-state index in [9.17, 15) is 4.39 Å². The molecule has 100 valence electrons. The fraction of sp³-hybridized carbons (Fsp3) is 0.0625. The Morgan fingerprint density at radius 2 is 1.80 bits per heavy atom. The Bertz CT molecular complexity index is 750. The van der Waals surface area contributed by atoms with Crippen molar-refractivity contribution in [2.24, 2.45) is 0 Å². The molecule has 3 rings (SSSR count). The van der Waals surface area contributed by atoms with E-state index in [0.29, 0.717) is 17.3 Å². The summed E-state index contributed by atoms with van der Waals surface area (Å²) in [6.45, 7) is 1.83.